The number of carbonyl (C=O) groups is 1. The number of nitro benzene ring substituents is 1. The molecule has 0 aliphatic carbocycles. The maximum Gasteiger partial charge on any atom is 0.311 e. The van der Waals surface area contributed by atoms with Crippen molar-refractivity contribution in [2.24, 2.45) is 5.10 Å². The van der Waals surface area contributed by atoms with Crippen molar-refractivity contribution in [1.82, 2.24) is 5.43 Å². The standard InChI is InChI=1S/C18H13N3O4/c22-17-15(6-3-7-16(17)21(24)25)11-19-20-18(23)14-9-8-12-4-1-2-5-13(12)10-14/h1-11,22H,(H,20,23)/b19-11+. The molecule has 0 aliphatic rings. The number of amides is 1. The first kappa shape index (κ1) is 16.1. The molecule has 0 radical (unpaired) electrons. The average Bonchev–Trinajstić information content (AvgIpc) is 2.62. The van der Waals surface area contributed by atoms with E-state index in [9.17, 15) is 20.0 Å². The number of phenolic OH excluding ortho intramolecular Hbond substituents is 1. The molecule has 0 aromatic heterocycles. The van der Waals surface area contributed by atoms with Crippen LogP contribution in [0.5, 0.6) is 5.75 Å². The number of carbonyl (C=O) groups excluding carboxylic acids is 1. The van der Waals surface area contributed by atoms with Crippen molar-refractivity contribution >= 4 is 28.6 Å². The van der Waals surface area contributed by atoms with Gasteiger partial charge < -0.3 is 5.11 Å². The Morgan fingerprint density at radius 3 is 2.60 bits per heavy atom. The number of phenols is 1. The lowest BCUT2D eigenvalue weighted by atomic mass is 10.1. The van der Waals surface area contributed by atoms with E-state index >= 15 is 0 Å². The normalized spacial score (nSPS) is 10.9. The fourth-order valence-corrected chi connectivity index (χ4v) is 2.36. The Labute approximate surface area is 142 Å². The van der Waals surface area contributed by atoms with Crippen LogP contribution >= 0.6 is 0 Å². The Morgan fingerprint density at radius 2 is 1.84 bits per heavy atom. The molecule has 0 spiro atoms. The molecule has 2 N–H and O–H groups in total. The average molecular weight is 335 g/mol. The molecule has 7 nitrogen and oxygen atoms in total. The van der Waals surface area contributed by atoms with Gasteiger partial charge in [0.15, 0.2) is 0 Å². The number of benzene rings is 3. The van der Waals surface area contributed by atoms with Gasteiger partial charge in [-0.2, -0.15) is 5.10 Å². The first-order valence-corrected chi connectivity index (χ1v) is 7.35. The number of nitro groups is 1. The van der Waals surface area contributed by atoms with Crippen LogP contribution in [0.25, 0.3) is 10.8 Å². The largest absolute Gasteiger partial charge is 0.502 e. The Bertz CT molecular complexity index is 999. The van der Waals surface area contributed by atoms with Crippen molar-refractivity contribution in [3.8, 4) is 5.75 Å². The number of hydrogen-bond donors (Lipinski definition) is 2. The third-order valence-corrected chi connectivity index (χ3v) is 3.62. The Balaban J connectivity index is 1.76. The minimum absolute atomic E-state index is 0.132. The molecule has 0 fully saturated rings. The summed E-state index contributed by atoms with van der Waals surface area (Å²) in [5.74, 6) is -0.928. The zero-order valence-corrected chi connectivity index (χ0v) is 12.9. The number of rotatable bonds is 4. The van der Waals surface area contributed by atoms with Gasteiger partial charge in [-0.05, 0) is 29.0 Å². The van der Waals surface area contributed by atoms with E-state index in [4.69, 9.17) is 0 Å². The molecule has 3 aromatic carbocycles. The van der Waals surface area contributed by atoms with E-state index in [1.807, 2.05) is 30.3 Å². The predicted molar refractivity (Wildman–Crippen MR) is 93.8 cm³/mol. The number of hydrogen-bond acceptors (Lipinski definition) is 5. The summed E-state index contributed by atoms with van der Waals surface area (Å²) in [5, 5.41) is 26.3. The van der Waals surface area contributed by atoms with Crippen LogP contribution in [-0.2, 0) is 0 Å². The number of nitrogens with zero attached hydrogens (tertiary/aromatic N) is 2. The molecular weight excluding hydrogens is 322 g/mol. The summed E-state index contributed by atoms with van der Waals surface area (Å²) < 4.78 is 0. The monoisotopic (exact) mass is 335 g/mol. The Morgan fingerprint density at radius 1 is 1.08 bits per heavy atom. The number of aromatic hydroxyl groups is 1. The molecule has 0 atom stereocenters. The maximum absolute atomic E-state index is 12.1. The summed E-state index contributed by atoms with van der Waals surface area (Å²) in [7, 11) is 0. The molecule has 7 heteroatoms. The third kappa shape index (κ3) is 3.45. The summed E-state index contributed by atoms with van der Waals surface area (Å²) in [6, 6.07) is 16.9. The fourth-order valence-electron chi connectivity index (χ4n) is 2.36. The van der Waals surface area contributed by atoms with Gasteiger partial charge in [0.1, 0.15) is 0 Å². The third-order valence-electron chi connectivity index (χ3n) is 3.62. The molecule has 0 aliphatic heterocycles. The molecule has 25 heavy (non-hydrogen) atoms. The van der Waals surface area contributed by atoms with Crippen molar-refractivity contribution in [1.29, 1.82) is 0 Å². The molecule has 1 amide bonds. The molecule has 0 heterocycles. The van der Waals surface area contributed by atoms with Crippen LogP contribution in [0, 0.1) is 10.1 Å². The second kappa shape index (κ2) is 6.79. The molecule has 0 saturated heterocycles. The topological polar surface area (TPSA) is 105 Å². The molecular formula is C18H13N3O4. The van der Waals surface area contributed by atoms with Gasteiger partial charge in [-0.3, -0.25) is 14.9 Å². The quantitative estimate of drug-likeness (QED) is 0.434. The van der Waals surface area contributed by atoms with E-state index in [2.05, 4.69) is 10.5 Å². The Hall–Kier alpha value is -3.74. The van der Waals surface area contributed by atoms with E-state index < -0.39 is 22.3 Å². The summed E-state index contributed by atoms with van der Waals surface area (Å²) in [4.78, 5) is 22.2. The summed E-state index contributed by atoms with van der Waals surface area (Å²) >= 11 is 0. The van der Waals surface area contributed by atoms with Gasteiger partial charge in [0.25, 0.3) is 5.91 Å². The summed E-state index contributed by atoms with van der Waals surface area (Å²) in [5.41, 5.74) is 2.47. The van der Waals surface area contributed by atoms with E-state index in [-0.39, 0.29) is 5.56 Å². The fraction of sp³-hybridized carbons (Fsp3) is 0. The second-order valence-electron chi connectivity index (χ2n) is 5.23. The minimum Gasteiger partial charge on any atom is -0.502 e. The lowest BCUT2D eigenvalue weighted by molar-refractivity contribution is -0.385. The smallest absolute Gasteiger partial charge is 0.311 e. The van der Waals surface area contributed by atoms with Crippen molar-refractivity contribution in [2.45, 2.75) is 0 Å². The molecule has 0 saturated carbocycles. The number of para-hydroxylation sites is 1. The van der Waals surface area contributed by atoms with Crippen LogP contribution in [0.3, 0.4) is 0 Å². The molecule has 124 valence electrons. The van der Waals surface area contributed by atoms with Crippen molar-refractivity contribution in [3.05, 3.63) is 81.9 Å². The van der Waals surface area contributed by atoms with Crippen molar-refractivity contribution in [2.75, 3.05) is 0 Å². The highest BCUT2D eigenvalue weighted by molar-refractivity contribution is 5.99. The van der Waals surface area contributed by atoms with Crippen LogP contribution in [-0.4, -0.2) is 22.2 Å². The molecule has 0 bridgehead atoms. The molecule has 0 unspecified atom stereocenters. The number of fused-ring (bicyclic) bond motifs is 1. The Kier molecular flexibility index (Phi) is 4.38. The number of nitrogens with one attached hydrogen (secondary N) is 1. The summed E-state index contributed by atoms with van der Waals surface area (Å²) in [6.07, 6.45) is 1.15. The lowest BCUT2D eigenvalue weighted by Gasteiger charge is -2.03. The molecule has 3 rings (SSSR count). The highest BCUT2D eigenvalue weighted by atomic mass is 16.6. The van der Waals surface area contributed by atoms with Gasteiger partial charge in [-0.1, -0.05) is 36.4 Å². The SMILES string of the molecule is O=C(N/N=C/c1cccc([N+](=O)[O-])c1O)c1ccc2ccccc2c1. The van der Waals surface area contributed by atoms with Crippen LogP contribution in [0.4, 0.5) is 5.69 Å². The zero-order valence-electron chi connectivity index (χ0n) is 12.9. The highest BCUT2D eigenvalue weighted by Crippen LogP contribution is 2.27. The first-order valence-electron chi connectivity index (χ1n) is 7.35. The summed E-state index contributed by atoms with van der Waals surface area (Å²) in [6.45, 7) is 0. The van der Waals surface area contributed by atoms with Gasteiger partial charge in [0.2, 0.25) is 5.75 Å². The molecule has 3 aromatic rings. The van der Waals surface area contributed by atoms with Gasteiger partial charge in [-0.25, -0.2) is 5.43 Å². The van der Waals surface area contributed by atoms with Crippen molar-refractivity contribution in [3.63, 3.8) is 0 Å². The van der Waals surface area contributed by atoms with Gasteiger partial charge in [-0.15, -0.1) is 0 Å². The predicted octanol–water partition coefficient (Wildman–Crippen LogP) is 3.22. The first-order chi connectivity index (χ1) is 12.1. The van der Waals surface area contributed by atoms with Crippen LogP contribution < -0.4 is 5.43 Å². The van der Waals surface area contributed by atoms with Crippen LogP contribution in [0.2, 0.25) is 0 Å². The van der Waals surface area contributed by atoms with E-state index in [1.165, 1.54) is 18.2 Å². The van der Waals surface area contributed by atoms with Gasteiger partial charge in [0, 0.05) is 17.2 Å². The van der Waals surface area contributed by atoms with Crippen molar-refractivity contribution < 1.29 is 14.8 Å². The number of hydrazone groups is 1. The minimum atomic E-state index is -0.694. The van der Waals surface area contributed by atoms with E-state index in [1.54, 1.807) is 12.1 Å². The lowest BCUT2D eigenvalue weighted by Crippen LogP contribution is -2.17. The highest BCUT2D eigenvalue weighted by Gasteiger charge is 2.15. The zero-order chi connectivity index (χ0) is 17.8. The van der Waals surface area contributed by atoms with E-state index in [0.29, 0.717) is 5.56 Å². The van der Waals surface area contributed by atoms with Crippen LogP contribution in [0.1, 0.15) is 15.9 Å². The maximum atomic E-state index is 12.1. The van der Waals surface area contributed by atoms with Gasteiger partial charge in [0.05, 0.1) is 11.1 Å². The van der Waals surface area contributed by atoms with E-state index in [0.717, 1.165) is 17.0 Å². The van der Waals surface area contributed by atoms with Crippen LogP contribution in [0.15, 0.2) is 65.8 Å². The second-order valence-corrected chi connectivity index (χ2v) is 5.23. The van der Waals surface area contributed by atoms with Gasteiger partial charge >= 0.3 is 5.69 Å².